The molecule has 0 amide bonds. The van der Waals surface area contributed by atoms with Crippen LogP contribution in [-0.2, 0) is 0 Å². The molecule has 0 saturated carbocycles. The number of halogens is 2. The first-order valence-corrected chi connectivity index (χ1v) is 6.64. The largest absolute Gasteiger partial charge is 0.294 e. The summed E-state index contributed by atoms with van der Waals surface area (Å²) in [5.41, 5.74) is 1.45. The number of ketones is 1. The van der Waals surface area contributed by atoms with Gasteiger partial charge in [0.2, 0.25) is 0 Å². The molecule has 2 aromatic rings. The Morgan fingerprint density at radius 3 is 1.95 bits per heavy atom. The second kappa shape index (κ2) is 6.42. The van der Waals surface area contributed by atoms with Gasteiger partial charge in [0, 0.05) is 12.0 Å². The molecular formula is C17H16F2O. The van der Waals surface area contributed by atoms with Gasteiger partial charge in [-0.15, -0.1) is 0 Å². The molecule has 0 fully saturated rings. The topological polar surface area (TPSA) is 17.1 Å². The minimum Gasteiger partial charge on any atom is -0.294 e. The smallest absolute Gasteiger partial charge is 0.163 e. The Kier molecular flexibility index (Phi) is 4.61. The lowest BCUT2D eigenvalue weighted by Gasteiger charge is -2.14. The zero-order chi connectivity index (χ0) is 14.5. The number of carbonyl (C=O) groups excluding carboxylic acids is 1. The Bertz CT molecular complexity index is 573. The second-order valence-electron chi connectivity index (χ2n) is 4.79. The fourth-order valence-corrected chi connectivity index (χ4v) is 2.21. The van der Waals surface area contributed by atoms with E-state index in [1.165, 1.54) is 36.4 Å². The van der Waals surface area contributed by atoms with Crippen molar-refractivity contribution in [3.8, 4) is 0 Å². The van der Waals surface area contributed by atoms with Crippen LogP contribution >= 0.6 is 0 Å². The van der Waals surface area contributed by atoms with Crippen molar-refractivity contribution >= 4 is 5.78 Å². The minimum atomic E-state index is -0.355. The summed E-state index contributed by atoms with van der Waals surface area (Å²) in [4.78, 5) is 12.2. The lowest BCUT2D eigenvalue weighted by Crippen LogP contribution is -2.07. The Labute approximate surface area is 117 Å². The predicted octanol–water partition coefficient (Wildman–Crippen LogP) is 4.73. The molecule has 2 aromatic carbocycles. The molecule has 2 rings (SSSR count). The molecule has 20 heavy (non-hydrogen) atoms. The van der Waals surface area contributed by atoms with Crippen LogP contribution in [-0.4, -0.2) is 5.78 Å². The van der Waals surface area contributed by atoms with Crippen molar-refractivity contribution in [1.82, 2.24) is 0 Å². The molecule has 0 aliphatic heterocycles. The molecule has 0 spiro atoms. The Balaban J connectivity index is 2.11. The van der Waals surface area contributed by atoms with E-state index in [1.807, 2.05) is 6.92 Å². The molecular weight excluding hydrogens is 258 g/mol. The van der Waals surface area contributed by atoms with Crippen molar-refractivity contribution in [2.45, 2.75) is 25.7 Å². The van der Waals surface area contributed by atoms with Crippen molar-refractivity contribution in [3.05, 3.63) is 71.3 Å². The van der Waals surface area contributed by atoms with Crippen LogP contribution in [0.15, 0.2) is 48.5 Å². The van der Waals surface area contributed by atoms with Crippen LogP contribution < -0.4 is 0 Å². The highest BCUT2D eigenvalue weighted by atomic mass is 19.1. The zero-order valence-electron chi connectivity index (χ0n) is 11.3. The standard InChI is InChI=1S/C17H16F2O/c1-2-12(13-3-7-15(18)8-4-13)11-17(20)14-5-9-16(19)10-6-14/h3-10,12H,2,11H2,1H3/t12-/m0/s1. The van der Waals surface area contributed by atoms with Gasteiger partial charge >= 0.3 is 0 Å². The van der Waals surface area contributed by atoms with Crippen molar-refractivity contribution in [2.75, 3.05) is 0 Å². The summed E-state index contributed by atoms with van der Waals surface area (Å²) in [5, 5.41) is 0. The lowest BCUT2D eigenvalue weighted by molar-refractivity contribution is 0.0973. The van der Waals surface area contributed by atoms with Gasteiger partial charge in [0.15, 0.2) is 5.78 Å². The molecule has 0 unspecified atom stereocenters. The number of hydrogen-bond donors (Lipinski definition) is 0. The van der Waals surface area contributed by atoms with Gasteiger partial charge in [0.1, 0.15) is 11.6 Å². The van der Waals surface area contributed by atoms with Gasteiger partial charge in [-0.25, -0.2) is 8.78 Å². The van der Waals surface area contributed by atoms with Crippen LogP contribution in [0.5, 0.6) is 0 Å². The normalized spacial score (nSPS) is 12.2. The van der Waals surface area contributed by atoms with Crippen LogP contribution in [0.3, 0.4) is 0 Å². The third-order valence-electron chi connectivity index (χ3n) is 3.43. The maximum atomic E-state index is 12.9. The summed E-state index contributed by atoms with van der Waals surface area (Å²) < 4.78 is 25.8. The molecule has 0 N–H and O–H groups in total. The van der Waals surface area contributed by atoms with Gasteiger partial charge in [-0.05, 0) is 54.3 Å². The van der Waals surface area contributed by atoms with E-state index in [0.29, 0.717) is 12.0 Å². The monoisotopic (exact) mass is 274 g/mol. The van der Waals surface area contributed by atoms with Crippen LogP contribution in [0.25, 0.3) is 0 Å². The van der Waals surface area contributed by atoms with Gasteiger partial charge in [-0.1, -0.05) is 19.1 Å². The van der Waals surface area contributed by atoms with Crippen LogP contribution in [0, 0.1) is 11.6 Å². The van der Waals surface area contributed by atoms with Crippen molar-refractivity contribution in [2.24, 2.45) is 0 Å². The lowest BCUT2D eigenvalue weighted by atomic mass is 9.89. The van der Waals surface area contributed by atoms with Gasteiger partial charge in [-0.3, -0.25) is 4.79 Å². The molecule has 0 radical (unpaired) electrons. The highest BCUT2D eigenvalue weighted by molar-refractivity contribution is 5.96. The molecule has 1 nitrogen and oxygen atoms in total. The van der Waals surface area contributed by atoms with E-state index in [9.17, 15) is 13.6 Å². The molecule has 1 atom stereocenters. The third-order valence-corrected chi connectivity index (χ3v) is 3.43. The van der Waals surface area contributed by atoms with E-state index in [0.717, 1.165) is 12.0 Å². The molecule has 0 heterocycles. The average Bonchev–Trinajstić information content (AvgIpc) is 2.46. The van der Waals surface area contributed by atoms with E-state index in [2.05, 4.69) is 0 Å². The van der Waals surface area contributed by atoms with Gasteiger partial charge < -0.3 is 0 Å². The van der Waals surface area contributed by atoms with E-state index in [1.54, 1.807) is 12.1 Å². The van der Waals surface area contributed by atoms with E-state index < -0.39 is 0 Å². The zero-order valence-corrected chi connectivity index (χ0v) is 11.3. The van der Waals surface area contributed by atoms with E-state index in [4.69, 9.17) is 0 Å². The summed E-state index contributed by atoms with van der Waals surface area (Å²) in [6.07, 6.45) is 1.13. The number of rotatable bonds is 5. The van der Waals surface area contributed by atoms with Crippen molar-refractivity contribution < 1.29 is 13.6 Å². The van der Waals surface area contributed by atoms with Gasteiger partial charge in [-0.2, -0.15) is 0 Å². The quantitative estimate of drug-likeness (QED) is 0.720. The minimum absolute atomic E-state index is 0.0267. The third kappa shape index (κ3) is 3.50. The second-order valence-corrected chi connectivity index (χ2v) is 4.79. The molecule has 0 saturated heterocycles. The first-order valence-electron chi connectivity index (χ1n) is 6.64. The molecule has 0 aromatic heterocycles. The van der Waals surface area contributed by atoms with Crippen LogP contribution in [0.4, 0.5) is 8.78 Å². The maximum absolute atomic E-state index is 12.9. The summed E-state index contributed by atoms with van der Waals surface area (Å²) in [7, 11) is 0. The number of Topliss-reactive ketones (excluding diaryl/α,β-unsaturated/α-hetero) is 1. The van der Waals surface area contributed by atoms with E-state index in [-0.39, 0.29) is 23.3 Å². The Morgan fingerprint density at radius 2 is 1.45 bits per heavy atom. The van der Waals surface area contributed by atoms with Crippen LogP contribution in [0.2, 0.25) is 0 Å². The SMILES string of the molecule is CC[C@@H](CC(=O)c1ccc(F)cc1)c1ccc(F)cc1. The summed E-state index contributed by atoms with van der Waals surface area (Å²) in [6, 6.07) is 11.8. The molecule has 0 aliphatic rings. The number of hydrogen-bond acceptors (Lipinski definition) is 1. The molecule has 3 heteroatoms. The van der Waals surface area contributed by atoms with Crippen molar-refractivity contribution in [1.29, 1.82) is 0 Å². The van der Waals surface area contributed by atoms with Crippen molar-refractivity contribution in [3.63, 3.8) is 0 Å². The molecule has 104 valence electrons. The van der Waals surface area contributed by atoms with E-state index >= 15 is 0 Å². The Morgan fingerprint density at radius 1 is 0.950 bits per heavy atom. The van der Waals surface area contributed by atoms with Crippen LogP contribution in [0.1, 0.15) is 41.6 Å². The highest BCUT2D eigenvalue weighted by Crippen LogP contribution is 2.25. The number of carbonyl (C=O) groups is 1. The van der Waals surface area contributed by atoms with Gasteiger partial charge in [0.05, 0.1) is 0 Å². The summed E-state index contributed by atoms with van der Waals surface area (Å²) >= 11 is 0. The fraction of sp³-hybridized carbons (Fsp3) is 0.235. The number of benzene rings is 2. The first-order chi connectivity index (χ1) is 9.60. The maximum Gasteiger partial charge on any atom is 0.163 e. The summed E-state index contributed by atoms with van der Waals surface area (Å²) in [5.74, 6) is -0.616. The van der Waals surface area contributed by atoms with Gasteiger partial charge in [0.25, 0.3) is 0 Å². The summed E-state index contributed by atoms with van der Waals surface area (Å²) in [6.45, 7) is 1.99. The highest BCUT2D eigenvalue weighted by Gasteiger charge is 2.15. The average molecular weight is 274 g/mol. The first kappa shape index (κ1) is 14.4. The predicted molar refractivity (Wildman–Crippen MR) is 74.8 cm³/mol. The molecule has 0 bridgehead atoms. The Hall–Kier alpha value is -2.03. The molecule has 0 aliphatic carbocycles. The fourth-order valence-electron chi connectivity index (χ4n) is 2.21.